The van der Waals surface area contributed by atoms with Crippen LogP contribution in [0.25, 0.3) is 0 Å². The van der Waals surface area contributed by atoms with Crippen molar-refractivity contribution in [3.8, 4) is 5.75 Å². The highest BCUT2D eigenvalue weighted by Crippen LogP contribution is 2.37. The van der Waals surface area contributed by atoms with Crippen LogP contribution in [0.15, 0.2) is 24.3 Å². The Kier molecular flexibility index (Phi) is 5.09. The molecule has 112 valence electrons. The van der Waals surface area contributed by atoms with Crippen LogP contribution in [0.3, 0.4) is 0 Å². The number of para-hydroxylation sites is 1. The highest BCUT2D eigenvalue weighted by molar-refractivity contribution is 5.35. The molecule has 4 unspecified atom stereocenters. The fraction of sp³-hybridized carbons (Fsp3) is 0.667. The van der Waals surface area contributed by atoms with Crippen LogP contribution < -0.4 is 10.5 Å². The molecule has 0 saturated heterocycles. The second-order valence-electron chi connectivity index (χ2n) is 6.81. The number of rotatable bonds is 4. The lowest BCUT2D eigenvalue weighted by atomic mass is 9.75. The zero-order valence-electron chi connectivity index (χ0n) is 13.3. The van der Waals surface area contributed by atoms with Crippen LogP contribution in [0, 0.1) is 17.8 Å². The molecule has 0 radical (unpaired) electrons. The minimum Gasteiger partial charge on any atom is -0.490 e. The third kappa shape index (κ3) is 3.54. The summed E-state index contributed by atoms with van der Waals surface area (Å²) in [5.74, 6) is 3.08. The molecule has 0 spiro atoms. The molecule has 0 aromatic heterocycles. The molecule has 1 aliphatic rings. The van der Waals surface area contributed by atoms with Crippen LogP contribution in [0.1, 0.15) is 58.6 Å². The maximum atomic E-state index is 6.41. The van der Waals surface area contributed by atoms with Gasteiger partial charge in [0.1, 0.15) is 11.9 Å². The molecule has 0 aliphatic heterocycles. The van der Waals surface area contributed by atoms with Crippen LogP contribution >= 0.6 is 0 Å². The van der Waals surface area contributed by atoms with Crippen LogP contribution in [0.4, 0.5) is 0 Å². The number of hydrogen-bond acceptors (Lipinski definition) is 2. The molecule has 2 N–H and O–H groups in total. The molecule has 20 heavy (non-hydrogen) atoms. The summed E-state index contributed by atoms with van der Waals surface area (Å²) in [5, 5.41) is 0. The maximum absolute atomic E-state index is 6.41. The SMILES string of the molecule is CC1CCC(C(C)C)C(Oc2ccccc2C(C)N)C1. The number of nitrogens with two attached hydrogens (primary N) is 1. The van der Waals surface area contributed by atoms with Crippen LogP contribution in [-0.4, -0.2) is 6.10 Å². The van der Waals surface area contributed by atoms with Gasteiger partial charge in [-0.1, -0.05) is 45.4 Å². The van der Waals surface area contributed by atoms with Crippen molar-refractivity contribution >= 4 is 0 Å². The second-order valence-corrected chi connectivity index (χ2v) is 6.81. The second kappa shape index (κ2) is 6.62. The van der Waals surface area contributed by atoms with E-state index in [2.05, 4.69) is 32.9 Å². The highest BCUT2D eigenvalue weighted by Gasteiger charge is 2.32. The van der Waals surface area contributed by atoms with Crippen molar-refractivity contribution in [2.24, 2.45) is 23.5 Å². The lowest BCUT2D eigenvalue weighted by Gasteiger charge is -2.37. The highest BCUT2D eigenvalue weighted by atomic mass is 16.5. The van der Waals surface area contributed by atoms with Gasteiger partial charge in [-0.15, -0.1) is 0 Å². The number of ether oxygens (including phenoxy) is 1. The molecule has 2 rings (SSSR count). The van der Waals surface area contributed by atoms with E-state index >= 15 is 0 Å². The topological polar surface area (TPSA) is 35.2 Å². The normalized spacial score (nSPS) is 28.4. The van der Waals surface area contributed by atoms with Gasteiger partial charge in [0, 0.05) is 11.6 Å². The summed E-state index contributed by atoms with van der Waals surface area (Å²) >= 11 is 0. The Bertz CT molecular complexity index is 427. The summed E-state index contributed by atoms with van der Waals surface area (Å²) in [7, 11) is 0. The smallest absolute Gasteiger partial charge is 0.124 e. The standard InChI is InChI=1S/C18H29NO/c1-12(2)15-10-9-13(3)11-18(15)20-17-8-6-5-7-16(17)14(4)19/h5-8,12-15,18H,9-11,19H2,1-4H3. The molecule has 1 saturated carbocycles. The van der Waals surface area contributed by atoms with Gasteiger partial charge in [0.15, 0.2) is 0 Å². The summed E-state index contributed by atoms with van der Waals surface area (Å²) in [6.45, 7) is 8.99. The van der Waals surface area contributed by atoms with E-state index in [0.717, 1.165) is 23.7 Å². The Hall–Kier alpha value is -1.02. The maximum Gasteiger partial charge on any atom is 0.124 e. The first-order valence-corrected chi connectivity index (χ1v) is 8.00. The van der Waals surface area contributed by atoms with E-state index in [1.54, 1.807) is 0 Å². The molecule has 0 bridgehead atoms. The van der Waals surface area contributed by atoms with Crippen molar-refractivity contribution in [1.82, 2.24) is 0 Å². The summed E-state index contributed by atoms with van der Waals surface area (Å²) in [4.78, 5) is 0. The van der Waals surface area contributed by atoms with Gasteiger partial charge < -0.3 is 10.5 Å². The Labute approximate surface area is 123 Å². The van der Waals surface area contributed by atoms with Gasteiger partial charge in [-0.3, -0.25) is 0 Å². The summed E-state index contributed by atoms with van der Waals surface area (Å²) < 4.78 is 6.41. The van der Waals surface area contributed by atoms with Crippen molar-refractivity contribution in [2.75, 3.05) is 0 Å². The van der Waals surface area contributed by atoms with E-state index < -0.39 is 0 Å². The largest absolute Gasteiger partial charge is 0.490 e. The van der Waals surface area contributed by atoms with E-state index in [-0.39, 0.29) is 6.04 Å². The van der Waals surface area contributed by atoms with Crippen LogP contribution in [-0.2, 0) is 0 Å². The fourth-order valence-corrected chi connectivity index (χ4v) is 3.38. The third-order valence-corrected chi connectivity index (χ3v) is 4.65. The summed E-state index contributed by atoms with van der Waals surface area (Å²) in [6.07, 6.45) is 4.11. The van der Waals surface area contributed by atoms with Gasteiger partial charge in [0.25, 0.3) is 0 Å². The first-order chi connectivity index (χ1) is 9.49. The molecule has 1 aromatic rings. The molecule has 1 fully saturated rings. The van der Waals surface area contributed by atoms with Gasteiger partial charge in [-0.05, 0) is 43.6 Å². The lowest BCUT2D eigenvalue weighted by molar-refractivity contribution is 0.0451. The van der Waals surface area contributed by atoms with Crippen molar-refractivity contribution < 1.29 is 4.74 Å². The fourth-order valence-electron chi connectivity index (χ4n) is 3.38. The Morgan fingerprint density at radius 1 is 1.15 bits per heavy atom. The van der Waals surface area contributed by atoms with Crippen LogP contribution in [0.5, 0.6) is 5.75 Å². The predicted molar refractivity (Wildman–Crippen MR) is 84.8 cm³/mol. The summed E-state index contributed by atoms with van der Waals surface area (Å²) in [6, 6.07) is 8.24. The lowest BCUT2D eigenvalue weighted by Crippen LogP contribution is -2.36. The van der Waals surface area contributed by atoms with Crippen LogP contribution in [0.2, 0.25) is 0 Å². The average molecular weight is 275 g/mol. The van der Waals surface area contributed by atoms with E-state index in [1.807, 2.05) is 19.1 Å². The van der Waals surface area contributed by atoms with E-state index in [1.165, 1.54) is 12.8 Å². The van der Waals surface area contributed by atoms with Crippen molar-refractivity contribution in [3.05, 3.63) is 29.8 Å². The van der Waals surface area contributed by atoms with Gasteiger partial charge in [-0.25, -0.2) is 0 Å². The molecule has 1 aliphatic carbocycles. The number of hydrogen-bond donors (Lipinski definition) is 1. The molecule has 1 aromatic carbocycles. The van der Waals surface area contributed by atoms with Gasteiger partial charge in [0.05, 0.1) is 0 Å². The molecule has 4 atom stereocenters. The zero-order chi connectivity index (χ0) is 14.7. The van der Waals surface area contributed by atoms with Gasteiger partial charge in [0.2, 0.25) is 0 Å². The minimum atomic E-state index is 0.0183. The predicted octanol–water partition coefficient (Wildman–Crippen LogP) is 4.55. The Morgan fingerprint density at radius 2 is 1.85 bits per heavy atom. The Balaban J connectivity index is 2.18. The van der Waals surface area contributed by atoms with Gasteiger partial charge in [-0.2, -0.15) is 0 Å². The summed E-state index contributed by atoms with van der Waals surface area (Å²) in [5.41, 5.74) is 7.18. The third-order valence-electron chi connectivity index (χ3n) is 4.65. The average Bonchev–Trinajstić information content (AvgIpc) is 2.38. The molecule has 0 heterocycles. The van der Waals surface area contributed by atoms with E-state index in [4.69, 9.17) is 10.5 Å². The number of benzene rings is 1. The van der Waals surface area contributed by atoms with E-state index in [0.29, 0.717) is 17.9 Å². The van der Waals surface area contributed by atoms with Gasteiger partial charge >= 0.3 is 0 Å². The van der Waals surface area contributed by atoms with E-state index in [9.17, 15) is 0 Å². The van der Waals surface area contributed by atoms with Crippen molar-refractivity contribution in [3.63, 3.8) is 0 Å². The van der Waals surface area contributed by atoms with Crippen molar-refractivity contribution in [2.45, 2.75) is 59.1 Å². The first-order valence-electron chi connectivity index (χ1n) is 8.00. The molecular formula is C18H29NO. The first kappa shape index (κ1) is 15.4. The Morgan fingerprint density at radius 3 is 2.50 bits per heavy atom. The molecule has 0 amide bonds. The monoisotopic (exact) mass is 275 g/mol. The molecular weight excluding hydrogens is 246 g/mol. The minimum absolute atomic E-state index is 0.0183. The zero-order valence-corrected chi connectivity index (χ0v) is 13.3. The molecule has 2 heteroatoms. The molecule has 2 nitrogen and oxygen atoms in total. The quantitative estimate of drug-likeness (QED) is 0.875. The van der Waals surface area contributed by atoms with Crippen molar-refractivity contribution in [1.29, 1.82) is 0 Å².